The monoisotopic (exact) mass is 434 g/mol. The zero-order valence-electron chi connectivity index (χ0n) is 17.4. The lowest BCUT2D eigenvalue weighted by atomic mass is 10.2. The Balaban J connectivity index is 1.58. The van der Waals surface area contributed by atoms with Crippen LogP contribution in [0.4, 0.5) is 0 Å². The van der Waals surface area contributed by atoms with Crippen LogP contribution < -0.4 is 5.56 Å². The Labute approximate surface area is 182 Å². The van der Waals surface area contributed by atoms with Crippen LogP contribution in [0.25, 0.3) is 27.7 Å². The zero-order chi connectivity index (χ0) is 21.4. The molecule has 0 aliphatic heterocycles. The molecule has 0 fully saturated rings. The molecule has 5 rings (SSSR count). The predicted molar refractivity (Wildman–Crippen MR) is 122 cm³/mol. The van der Waals surface area contributed by atoms with Crippen molar-refractivity contribution in [3.63, 3.8) is 0 Å². The first-order chi connectivity index (χ1) is 15.2. The van der Waals surface area contributed by atoms with Gasteiger partial charge in [0.15, 0.2) is 5.16 Å². The number of hydrogen-bond acceptors (Lipinski definition) is 6. The molecular weight excluding hydrogens is 412 g/mol. The highest BCUT2D eigenvalue weighted by atomic mass is 32.2. The van der Waals surface area contributed by atoms with Crippen LogP contribution in [0.2, 0.25) is 0 Å². The fourth-order valence-electron chi connectivity index (χ4n) is 3.88. The van der Waals surface area contributed by atoms with Crippen molar-refractivity contribution in [2.45, 2.75) is 30.9 Å². The smallest absolute Gasteiger partial charge is 0.262 e. The number of para-hydroxylation sites is 3. The minimum absolute atomic E-state index is 0.0430. The molecule has 8 nitrogen and oxygen atoms in total. The number of benzene rings is 2. The van der Waals surface area contributed by atoms with Crippen LogP contribution in [0.5, 0.6) is 0 Å². The van der Waals surface area contributed by atoms with E-state index >= 15 is 0 Å². The van der Waals surface area contributed by atoms with Gasteiger partial charge in [0.25, 0.3) is 5.56 Å². The summed E-state index contributed by atoms with van der Waals surface area (Å²) in [5.41, 5.74) is 2.81. The van der Waals surface area contributed by atoms with Gasteiger partial charge in [-0.1, -0.05) is 36.0 Å². The fraction of sp³-hybridized carbons (Fsp3) is 0.273. The molecule has 0 saturated heterocycles. The van der Waals surface area contributed by atoms with Gasteiger partial charge in [-0.3, -0.25) is 13.8 Å². The van der Waals surface area contributed by atoms with Gasteiger partial charge in [-0.2, -0.15) is 0 Å². The molecule has 3 aromatic heterocycles. The summed E-state index contributed by atoms with van der Waals surface area (Å²) in [7, 11) is 1.70. The Kier molecular flexibility index (Phi) is 5.21. The third-order valence-corrected chi connectivity index (χ3v) is 6.33. The number of fused-ring (bicyclic) bond motifs is 4. The summed E-state index contributed by atoms with van der Waals surface area (Å²) in [6.07, 6.45) is 0. The SMILES string of the molecule is CCn1c(=O)c2ccccc2n2c(CSc3nc4ccccc4n3CCOC)nnc12. The van der Waals surface area contributed by atoms with Gasteiger partial charge in [0.2, 0.25) is 5.78 Å². The third-order valence-electron chi connectivity index (χ3n) is 5.36. The molecule has 0 bridgehead atoms. The van der Waals surface area contributed by atoms with E-state index < -0.39 is 0 Å². The van der Waals surface area contributed by atoms with Crippen molar-refractivity contribution >= 4 is 39.5 Å². The van der Waals surface area contributed by atoms with Gasteiger partial charge >= 0.3 is 0 Å². The molecular formula is C22H22N6O2S. The molecule has 0 aliphatic carbocycles. The molecule has 0 radical (unpaired) electrons. The highest BCUT2D eigenvalue weighted by Crippen LogP contribution is 2.27. The van der Waals surface area contributed by atoms with Gasteiger partial charge in [0.1, 0.15) is 5.82 Å². The quantitative estimate of drug-likeness (QED) is 0.366. The van der Waals surface area contributed by atoms with E-state index in [1.807, 2.05) is 53.8 Å². The normalized spacial score (nSPS) is 11.8. The topological polar surface area (TPSA) is 79.2 Å². The molecule has 0 atom stereocenters. The van der Waals surface area contributed by atoms with Crippen LogP contribution in [-0.2, 0) is 23.6 Å². The Morgan fingerprint density at radius 2 is 1.77 bits per heavy atom. The van der Waals surface area contributed by atoms with Crippen molar-refractivity contribution in [2.75, 3.05) is 13.7 Å². The molecule has 0 amide bonds. The summed E-state index contributed by atoms with van der Waals surface area (Å²) >= 11 is 1.61. The highest BCUT2D eigenvalue weighted by Gasteiger charge is 2.17. The van der Waals surface area contributed by atoms with Crippen molar-refractivity contribution in [1.29, 1.82) is 0 Å². The van der Waals surface area contributed by atoms with Gasteiger partial charge in [0, 0.05) is 20.2 Å². The number of rotatable bonds is 7. The number of methoxy groups -OCH3 is 1. The average molecular weight is 435 g/mol. The van der Waals surface area contributed by atoms with Crippen LogP contribution >= 0.6 is 11.8 Å². The van der Waals surface area contributed by atoms with E-state index in [-0.39, 0.29) is 5.56 Å². The zero-order valence-corrected chi connectivity index (χ0v) is 18.2. The van der Waals surface area contributed by atoms with E-state index in [1.54, 1.807) is 23.4 Å². The lowest BCUT2D eigenvalue weighted by Crippen LogP contribution is -2.22. The van der Waals surface area contributed by atoms with Gasteiger partial charge in [-0.05, 0) is 31.2 Å². The van der Waals surface area contributed by atoms with E-state index in [1.165, 1.54) is 0 Å². The fourth-order valence-corrected chi connectivity index (χ4v) is 4.84. The molecule has 5 aromatic rings. The van der Waals surface area contributed by atoms with Crippen LogP contribution in [0.15, 0.2) is 58.5 Å². The Hall–Kier alpha value is -3.17. The first-order valence-electron chi connectivity index (χ1n) is 10.2. The van der Waals surface area contributed by atoms with E-state index in [9.17, 15) is 4.79 Å². The molecule has 0 spiro atoms. The summed E-state index contributed by atoms with van der Waals surface area (Å²) in [5, 5.41) is 10.3. The van der Waals surface area contributed by atoms with E-state index in [2.05, 4.69) is 20.8 Å². The molecule has 31 heavy (non-hydrogen) atoms. The molecule has 0 unspecified atom stereocenters. The molecule has 0 saturated carbocycles. The van der Waals surface area contributed by atoms with Crippen LogP contribution in [0.1, 0.15) is 12.7 Å². The number of nitrogens with zero attached hydrogens (tertiary/aromatic N) is 6. The molecule has 9 heteroatoms. The second-order valence-electron chi connectivity index (χ2n) is 7.13. The number of ether oxygens (including phenoxy) is 1. The second kappa shape index (κ2) is 8.16. The van der Waals surface area contributed by atoms with E-state index in [0.717, 1.165) is 34.1 Å². The molecule has 2 aromatic carbocycles. The van der Waals surface area contributed by atoms with Gasteiger partial charge < -0.3 is 9.30 Å². The maximum absolute atomic E-state index is 12.9. The van der Waals surface area contributed by atoms with Crippen LogP contribution in [0.3, 0.4) is 0 Å². The van der Waals surface area contributed by atoms with Crippen LogP contribution in [0, 0.1) is 0 Å². The first-order valence-corrected chi connectivity index (χ1v) is 11.1. The largest absolute Gasteiger partial charge is 0.383 e. The number of hydrogen-bond donors (Lipinski definition) is 0. The van der Waals surface area contributed by atoms with Gasteiger partial charge in [-0.25, -0.2) is 4.98 Å². The van der Waals surface area contributed by atoms with Crippen LogP contribution in [-0.4, -0.2) is 42.4 Å². The average Bonchev–Trinajstić information content (AvgIpc) is 3.38. The molecule has 3 heterocycles. The summed E-state index contributed by atoms with van der Waals surface area (Å²) in [4.78, 5) is 17.7. The first kappa shape index (κ1) is 19.8. The highest BCUT2D eigenvalue weighted by molar-refractivity contribution is 7.98. The minimum atomic E-state index is -0.0430. The second-order valence-corrected chi connectivity index (χ2v) is 8.08. The Morgan fingerprint density at radius 3 is 2.58 bits per heavy atom. The van der Waals surface area contributed by atoms with Crippen molar-refractivity contribution in [3.05, 3.63) is 64.7 Å². The standard InChI is InChI=1S/C22H22N6O2S/c1-3-26-20(29)15-8-4-6-10-17(15)28-19(24-25-21(26)28)14-31-22-23-16-9-5-7-11-18(16)27(22)12-13-30-2/h4-11H,3,12-14H2,1-2H3. The number of aromatic nitrogens is 6. The summed E-state index contributed by atoms with van der Waals surface area (Å²) in [6.45, 7) is 3.80. The lowest BCUT2D eigenvalue weighted by molar-refractivity contribution is 0.186. The molecule has 0 N–H and O–H groups in total. The lowest BCUT2D eigenvalue weighted by Gasteiger charge is -2.10. The van der Waals surface area contributed by atoms with Gasteiger partial charge in [0.05, 0.1) is 34.3 Å². The van der Waals surface area contributed by atoms with Crippen molar-refractivity contribution < 1.29 is 4.74 Å². The Bertz CT molecular complexity index is 1450. The summed E-state index contributed by atoms with van der Waals surface area (Å²) in [5.74, 6) is 1.92. The van der Waals surface area contributed by atoms with E-state index in [0.29, 0.717) is 30.1 Å². The predicted octanol–water partition coefficient (Wildman–Crippen LogP) is 3.35. The molecule has 158 valence electrons. The number of aryl methyl sites for hydroxylation is 1. The minimum Gasteiger partial charge on any atom is -0.383 e. The molecule has 0 aliphatic rings. The maximum atomic E-state index is 12.9. The third kappa shape index (κ3) is 3.30. The Morgan fingerprint density at radius 1 is 1.00 bits per heavy atom. The van der Waals surface area contributed by atoms with Gasteiger partial charge in [-0.15, -0.1) is 10.2 Å². The van der Waals surface area contributed by atoms with Crippen molar-refractivity contribution in [2.24, 2.45) is 0 Å². The van der Waals surface area contributed by atoms with E-state index in [4.69, 9.17) is 9.72 Å². The van der Waals surface area contributed by atoms with Crippen molar-refractivity contribution in [3.8, 4) is 0 Å². The number of imidazole rings is 1. The van der Waals surface area contributed by atoms with Crippen molar-refractivity contribution in [1.82, 2.24) is 28.7 Å². The summed E-state index contributed by atoms with van der Waals surface area (Å²) < 4.78 is 11.1. The summed E-state index contributed by atoms with van der Waals surface area (Å²) in [6, 6.07) is 15.7. The maximum Gasteiger partial charge on any atom is 0.262 e. The number of thioether (sulfide) groups is 1.